The zero-order valence-electron chi connectivity index (χ0n) is 15.4. The monoisotopic (exact) mass is 385 g/mol. The third-order valence-electron chi connectivity index (χ3n) is 5.26. The molecule has 1 N–H and O–H groups in total. The second-order valence-electron chi connectivity index (χ2n) is 6.99. The molecule has 1 fully saturated rings. The highest BCUT2D eigenvalue weighted by atomic mass is 32.1. The van der Waals surface area contributed by atoms with Gasteiger partial charge in [0.25, 0.3) is 5.91 Å². The molecule has 27 heavy (non-hydrogen) atoms. The molecule has 0 bridgehead atoms. The van der Waals surface area contributed by atoms with Gasteiger partial charge in [-0.1, -0.05) is 0 Å². The highest BCUT2D eigenvalue weighted by molar-refractivity contribution is 7.16. The molecule has 2 aliphatic rings. The van der Waals surface area contributed by atoms with E-state index in [2.05, 4.69) is 10.3 Å². The number of aryl methyl sites for hydroxylation is 1. The van der Waals surface area contributed by atoms with Gasteiger partial charge in [-0.05, 0) is 56.4 Å². The maximum absolute atomic E-state index is 12.9. The number of anilines is 1. The zero-order chi connectivity index (χ0) is 18.8. The summed E-state index contributed by atoms with van der Waals surface area (Å²) in [4.78, 5) is 33.0. The van der Waals surface area contributed by atoms with Gasteiger partial charge < -0.3 is 9.64 Å². The van der Waals surface area contributed by atoms with Gasteiger partial charge in [0.2, 0.25) is 5.91 Å². The summed E-state index contributed by atoms with van der Waals surface area (Å²) in [5.74, 6) is 0.551. The molecule has 142 valence electrons. The lowest BCUT2D eigenvalue weighted by molar-refractivity contribution is -0.133. The predicted octanol–water partition coefficient (Wildman–Crippen LogP) is 3.45. The molecule has 1 aliphatic heterocycles. The first kappa shape index (κ1) is 18.0. The topological polar surface area (TPSA) is 71.5 Å². The van der Waals surface area contributed by atoms with Crippen molar-refractivity contribution in [2.24, 2.45) is 0 Å². The third-order valence-corrected chi connectivity index (χ3v) is 6.30. The lowest BCUT2D eigenvalue weighted by Gasteiger charge is -2.29. The van der Waals surface area contributed by atoms with E-state index in [1.165, 1.54) is 17.8 Å². The molecule has 1 atom stereocenters. The first-order chi connectivity index (χ1) is 13.2. The van der Waals surface area contributed by atoms with Gasteiger partial charge in [-0.2, -0.15) is 0 Å². The van der Waals surface area contributed by atoms with E-state index in [0.29, 0.717) is 16.4 Å². The fraction of sp³-hybridized carbons (Fsp3) is 0.450. The number of ether oxygens (including phenoxy) is 1. The van der Waals surface area contributed by atoms with E-state index in [1.54, 1.807) is 31.4 Å². The number of methoxy groups -OCH3 is 1. The number of benzene rings is 1. The summed E-state index contributed by atoms with van der Waals surface area (Å²) in [6.45, 7) is 1.71. The fourth-order valence-electron chi connectivity index (χ4n) is 3.77. The molecule has 7 heteroatoms. The van der Waals surface area contributed by atoms with Gasteiger partial charge >= 0.3 is 0 Å². The first-order valence-corrected chi connectivity index (χ1v) is 10.2. The van der Waals surface area contributed by atoms with Gasteiger partial charge in [0, 0.05) is 23.5 Å². The lowest BCUT2D eigenvalue weighted by atomic mass is 10.0. The largest absolute Gasteiger partial charge is 0.497 e. The van der Waals surface area contributed by atoms with Crippen LogP contribution in [0.1, 0.15) is 52.5 Å². The number of rotatable bonds is 4. The Morgan fingerprint density at radius 1 is 1.19 bits per heavy atom. The lowest BCUT2D eigenvalue weighted by Crippen LogP contribution is -2.38. The molecular formula is C20H23N3O3S. The van der Waals surface area contributed by atoms with E-state index >= 15 is 0 Å². The van der Waals surface area contributed by atoms with E-state index in [0.717, 1.165) is 49.3 Å². The Morgan fingerprint density at radius 3 is 2.63 bits per heavy atom. The molecule has 2 heterocycles. The van der Waals surface area contributed by atoms with Crippen LogP contribution in [0.4, 0.5) is 5.13 Å². The van der Waals surface area contributed by atoms with Crippen molar-refractivity contribution < 1.29 is 14.3 Å². The van der Waals surface area contributed by atoms with Crippen molar-refractivity contribution in [3.8, 4) is 5.75 Å². The molecule has 0 spiro atoms. The summed E-state index contributed by atoms with van der Waals surface area (Å²) in [7, 11) is 1.59. The number of hydrogen-bond donors (Lipinski definition) is 1. The number of amides is 2. The normalized spacial score (nSPS) is 18.9. The molecule has 0 unspecified atom stereocenters. The molecular weight excluding hydrogens is 362 g/mol. The highest BCUT2D eigenvalue weighted by Crippen LogP contribution is 2.39. The van der Waals surface area contributed by atoms with E-state index in [9.17, 15) is 9.59 Å². The molecule has 0 saturated carbocycles. The van der Waals surface area contributed by atoms with Gasteiger partial charge in [0.05, 0.1) is 18.7 Å². The summed E-state index contributed by atoms with van der Waals surface area (Å²) < 4.78 is 5.11. The van der Waals surface area contributed by atoms with Gasteiger partial charge in [0.1, 0.15) is 5.75 Å². The first-order valence-electron chi connectivity index (χ1n) is 9.39. The number of aromatic nitrogens is 1. The van der Waals surface area contributed by atoms with Crippen molar-refractivity contribution in [1.82, 2.24) is 9.88 Å². The van der Waals surface area contributed by atoms with E-state index in [4.69, 9.17) is 4.74 Å². The van der Waals surface area contributed by atoms with Crippen LogP contribution in [0.15, 0.2) is 24.3 Å². The number of hydrogen-bond acceptors (Lipinski definition) is 5. The van der Waals surface area contributed by atoms with Crippen LogP contribution in [-0.4, -0.2) is 41.9 Å². The molecule has 0 radical (unpaired) electrons. The van der Waals surface area contributed by atoms with Crippen LogP contribution in [0, 0.1) is 0 Å². The summed E-state index contributed by atoms with van der Waals surface area (Å²) in [5.41, 5.74) is 1.41. The van der Waals surface area contributed by atoms with E-state index in [1.807, 2.05) is 4.90 Å². The Labute approximate surface area is 162 Å². The molecule has 6 nitrogen and oxygen atoms in total. The molecule has 4 rings (SSSR count). The molecule has 1 aromatic heterocycles. The summed E-state index contributed by atoms with van der Waals surface area (Å²) in [6.07, 6.45) is 5.07. The quantitative estimate of drug-likeness (QED) is 0.875. The number of piperidine rings is 1. The average molecular weight is 385 g/mol. The van der Waals surface area contributed by atoms with Crippen molar-refractivity contribution in [2.45, 2.75) is 38.0 Å². The predicted molar refractivity (Wildman–Crippen MR) is 105 cm³/mol. The number of thiazole rings is 1. The summed E-state index contributed by atoms with van der Waals surface area (Å²) in [6, 6.07) is 6.95. The molecule has 1 aromatic carbocycles. The van der Waals surface area contributed by atoms with Gasteiger partial charge in [-0.25, -0.2) is 4.98 Å². The van der Waals surface area contributed by atoms with Crippen LogP contribution in [0.2, 0.25) is 0 Å². The minimum atomic E-state index is -0.205. The maximum Gasteiger partial charge on any atom is 0.257 e. The number of fused-ring (bicyclic) bond motifs is 1. The standard InChI is InChI=1S/C20H23N3O3S/c1-26-14-7-5-13(6-8-14)18(24)22-20-21-17-15(9-10-16(17)27-20)19(25)23-11-3-2-4-12-23/h5-8,15H,2-4,9-12H2,1H3,(H,21,22,24)/t15-/m0/s1. The van der Waals surface area contributed by atoms with Gasteiger partial charge in [0.15, 0.2) is 5.13 Å². The Kier molecular flexibility index (Phi) is 5.11. The molecule has 1 saturated heterocycles. The maximum atomic E-state index is 12.9. The Balaban J connectivity index is 1.45. The SMILES string of the molecule is COc1ccc(C(=O)Nc2nc3c(s2)CC[C@@H]3C(=O)N2CCCCC2)cc1. The van der Waals surface area contributed by atoms with Crippen molar-refractivity contribution in [3.63, 3.8) is 0 Å². The van der Waals surface area contributed by atoms with Crippen molar-refractivity contribution >= 4 is 28.3 Å². The second kappa shape index (κ2) is 7.68. The Hall–Kier alpha value is -2.41. The summed E-state index contributed by atoms with van der Waals surface area (Å²) >= 11 is 1.48. The minimum absolute atomic E-state index is 0.152. The van der Waals surface area contributed by atoms with Crippen LogP contribution >= 0.6 is 11.3 Å². The number of nitrogens with one attached hydrogen (secondary N) is 1. The molecule has 1 aliphatic carbocycles. The van der Waals surface area contributed by atoms with Crippen molar-refractivity contribution in [3.05, 3.63) is 40.4 Å². The fourth-order valence-corrected chi connectivity index (χ4v) is 4.80. The van der Waals surface area contributed by atoms with E-state index < -0.39 is 0 Å². The highest BCUT2D eigenvalue weighted by Gasteiger charge is 2.35. The van der Waals surface area contributed by atoms with Crippen LogP contribution < -0.4 is 10.1 Å². The van der Waals surface area contributed by atoms with Crippen LogP contribution in [0.5, 0.6) is 5.75 Å². The smallest absolute Gasteiger partial charge is 0.257 e. The summed E-state index contributed by atoms with van der Waals surface area (Å²) in [5, 5.41) is 3.43. The minimum Gasteiger partial charge on any atom is -0.497 e. The zero-order valence-corrected chi connectivity index (χ0v) is 16.2. The van der Waals surface area contributed by atoms with E-state index in [-0.39, 0.29) is 17.7 Å². The van der Waals surface area contributed by atoms with Gasteiger partial charge in [-0.3, -0.25) is 14.9 Å². The van der Waals surface area contributed by atoms with Gasteiger partial charge in [-0.15, -0.1) is 11.3 Å². The average Bonchev–Trinajstić information content (AvgIpc) is 3.28. The molecule has 2 aromatic rings. The van der Waals surface area contributed by atoms with Crippen molar-refractivity contribution in [1.29, 1.82) is 0 Å². The second-order valence-corrected chi connectivity index (χ2v) is 8.07. The Morgan fingerprint density at radius 2 is 1.93 bits per heavy atom. The Bertz CT molecular complexity index is 841. The number of nitrogens with zero attached hydrogens (tertiary/aromatic N) is 2. The third kappa shape index (κ3) is 3.69. The van der Waals surface area contributed by atoms with Crippen molar-refractivity contribution in [2.75, 3.05) is 25.5 Å². The molecule has 2 amide bonds. The number of likely N-dealkylation sites (tertiary alicyclic amines) is 1. The van der Waals surface area contributed by atoms with Crippen LogP contribution in [0.25, 0.3) is 0 Å². The number of carbonyl (C=O) groups is 2. The number of carbonyl (C=O) groups excluding carboxylic acids is 2. The van der Waals surface area contributed by atoms with Crippen LogP contribution in [0.3, 0.4) is 0 Å². The van der Waals surface area contributed by atoms with Crippen LogP contribution in [-0.2, 0) is 11.2 Å².